The van der Waals surface area contributed by atoms with Gasteiger partial charge in [-0.25, -0.2) is 14.8 Å². The molecule has 3 rings (SSSR count). The van der Waals surface area contributed by atoms with Gasteiger partial charge in [0.25, 0.3) is 5.91 Å². The highest BCUT2D eigenvalue weighted by molar-refractivity contribution is 6.51. The van der Waals surface area contributed by atoms with Crippen molar-refractivity contribution in [3.05, 3.63) is 75.4 Å². The van der Waals surface area contributed by atoms with Crippen molar-refractivity contribution in [1.29, 1.82) is 0 Å². The Bertz CT molecular complexity index is 1270. The van der Waals surface area contributed by atoms with Crippen molar-refractivity contribution in [2.24, 2.45) is 4.99 Å². The van der Waals surface area contributed by atoms with Crippen LogP contribution in [-0.4, -0.2) is 43.0 Å². The molecule has 182 valence electrons. The van der Waals surface area contributed by atoms with E-state index in [9.17, 15) is 9.59 Å². The first-order valence-corrected chi connectivity index (χ1v) is 11.2. The third-order valence-electron chi connectivity index (χ3n) is 4.44. The van der Waals surface area contributed by atoms with Gasteiger partial charge in [-0.05, 0) is 30.3 Å². The van der Waals surface area contributed by atoms with E-state index in [4.69, 9.17) is 50.0 Å². The summed E-state index contributed by atoms with van der Waals surface area (Å²) in [5.74, 6) is -0.575. The molecule has 0 atom stereocenters. The summed E-state index contributed by atoms with van der Waals surface area (Å²) in [5.41, 5.74) is 6.84. The van der Waals surface area contributed by atoms with Gasteiger partial charge in [0, 0.05) is 29.6 Å². The van der Waals surface area contributed by atoms with E-state index in [1.54, 1.807) is 36.4 Å². The zero-order valence-electron chi connectivity index (χ0n) is 18.3. The number of carbonyl (C=O) groups excluding carboxylic acids is 2. The molecule has 0 bridgehead atoms. The number of benzene rings is 2. The first kappa shape index (κ1) is 26.2. The quantitative estimate of drug-likeness (QED) is 0.196. The number of nitrogens with two attached hydrogens (primary N) is 1. The van der Waals surface area contributed by atoms with Gasteiger partial charge in [-0.2, -0.15) is 0 Å². The van der Waals surface area contributed by atoms with Gasteiger partial charge in [-0.1, -0.05) is 53.0 Å². The summed E-state index contributed by atoms with van der Waals surface area (Å²) >= 11 is 18.6. The van der Waals surface area contributed by atoms with Crippen LogP contribution in [0.25, 0.3) is 0 Å². The molecule has 0 aliphatic rings. The van der Waals surface area contributed by atoms with E-state index in [1.165, 1.54) is 25.4 Å². The van der Waals surface area contributed by atoms with Gasteiger partial charge < -0.3 is 20.5 Å². The van der Waals surface area contributed by atoms with Crippen molar-refractivity contribution >= 4 is 75.4 Å². The van der Waals surface area contributed by atoms with Crippen LogP contribution in [0.15, 0.2) is 59.7 Å². The third-order valence-corrected chi connectivity index (χ3v) is 5.25. The molecule has 9 nitrogen and oxygen atoms in total. The minimum Gasteiger partial charge on any atom is -0.447 e. The van der Waals surface area contributed by atoms with Crippen molar-refractivity contribution in [1.82, 2.24) is 4.98 Å². The smallest absolute Gasteiger partial charge is 0.411 e. The van der Waals surface area contributed by atoms with Crippen molar-refractivity contribution < 1.29 is 19.1 Å². The molecular formula is C23H20Cl3N5O4. The van der Waals surface area contributed by atoms with Crippen LogP contribution in [0.5, 0.6) is 0 Å². The minimum absolute atomic E-state index is 0.0211. The number of anilines is 3. The predicted octanol–water partition coefficient (Wildman–Crippen LogP) is 5.58. The van der Waals surface area contributed by atoms with Gasteiger partial charge in [-0.3, -0.25) is 10.1 Å². The van der Waals surface area contributed by atoms with Crippen LogP contribution in [0.1, 0.15) is 5.56 Å². The molecule has 0 aliphatic heterocycles. The molecule has 0 fully saturated rings. The van der Waals surface area contributed by atoms with E-state index in [1.807, 2.05) is 0 Å². The maximum Gasteiger partial charge on any atom is 0.411 e. The number of amides is 2. The fourth-order valence-electron chi connectivity index (χ4n) is 2.85. The molecule has 35 heavy (non-hydrogen) atoms. The van der Waals surface area contributed by atoms with Gasteiger partial charge in [0.1, 0.15) is 12.3 Å². The predicted molar refractivity (Wildman–Crippen MR) is 138 cm³/mol. The summed E-state index contributed by atoms with van der Waals surface area (Å²) in [6.45, 7) is 0.231. The number of hydrogen-bond donors (Lipinski definition) is 3. The standard InChI is InChI=1S/C23H20Cl3N5O4/c1-34-9-10-35-23(33)29-18-12-13(24)11-16(26)20(18)31-22(32)19(14-5-2-3-7-17(14)27)30-21-15(25)6-4-8-28-21/h2-8,11-12H,9-10,27H2,1H3,(H,29,33)(H,31,32). The van der Waals surface area contributed by atoms with E-state index in [0.29, 0.717) is 11.3 Å². The zero-order chi connectivity index (χ0) is 25.4. The van der Waals surface area contributed by atoms with Crippen molar-refractivity contribution in [3.63, 3.8) is 0 Å². The van der Waals surface area contributed by atoms with Gasteiger partial charge in [0.2, 0.25) is 0 Å². The van der Waals surface area contributed by atoms with Crippen LogP contribution in [-0.2, 0) is 14.3 Å². The number of carbonyl (C=O) groups is 2. The molecule has 1 aromatic heterocycles. The number of aromatic nitrogens is 1. The number of nitrogens with zero attached hydrogens (tertiary/aromatic N) is 2. The molecular weight excluding hydrogens is 517 g/mol. The maximum absolute atomic E-state index is 13.4. The molecule has 0 saturated carbocycles. The number of aliphatic imine (C=N–C) groups is 1. The Kier molecular flexibility index (Phi) is 9.27. The van der Waals surface area contributed by atoms with Crippen LogP contribution in [0, 0.1) is 0 Å². The second kappa shape index (κ2) is 12.4. The molecule has 2 amide bonds. The summed E-state index contributed by atoms with van der Waals surface area (Å²) in [6.07, 6.45) is 0.694. The Morgan fingerprint density at radius 1 is 1.03 bits per heavy atom. The van der Waals surface area contributed by atoms with Crippen LogP contribution in [0.4, 0.5) is 27.7 Å². The van der Waals surface area contributed by atoms with E-state index in [2.05, 4.69) is 20.6 Å². The fraction of sp³-hybridized carbons (Fsp3) is 0.130. The van der Waals surface area contributed by atoms with E-state index in [0.717, 1.165) is 0 Å². The first-order chi connectivity index (χ1) is 16.8. The first-order valence-electron chi connectivity index (χ1n) is 10.1. The van der Waals surface area contributed by atoms with E-state index >= 15 is 0 Å². The SMILES string of the molecule is COCCOC(=O)Nc1cc(Cl)cc(Cl)c1NC(=O)C(=Nc1ncccc1Cl)c1ccccc1N. The highest BCUT2D eigenvalue weighted by atomic mass is 35.5. The summed E-state index contributed by atoms with van der Waals surface area (Å²) in [5, 5.41) is 5.69. The normalized spacial score (nSPS) is 11.1. The summed E-state index contributed by atoms with van der Waals surface area (Å²) in [6, 6.07) is 12.7. The lowest BCUT2D eigenvalue weighted by atomic mass is 10.1. The Hall–Kier alpha value is -3.37. The molecule has 12 heteroatoms. The number of methoxy groups -OCH3 is 1. The van der Waals surface area contributed by atoms with E-state index < -0.39 is 12.0 Å². The summed E-state index contributed by atoms with van der Waals surface area (Å²) in [7, 11) is 1.47. The Balaban J connectivity index is 1.99. The number of halogens is 3. The molecule has 0 radical (unpaired) electrons. The lowest BCUT2D eigenvalue weighted by molar-refractivity contribution is -0.110. The number of nitrogen functional groups attached to an aromatic ring is 1. The Morgan fingerprint density at radius 3 is 2.51 bits per heavy atom. The van der Waals surface area contributed by atoms with Gasteiger partial charge >= 0.3 is 6.09 Å². The van der Waals surface area contributed by atoms with Crippen LogP contribution >= 0.6 is 34.8 Å². The number of rotatable bonds is 8. The largest absolute Gasteiger partial charge is 0.447 e. The number of pyridine rings is 1. The number of para-hydroxylation sites is 1. The molecule has 0 spiro atoms. The molecule has 2 aromatic carbocycles. The topological polar surface area (TPSA) is 128 Å². The fourth-order valence-corrected chi connectivity index (χ4v) is 3.55. The van der Waals surface area contributed by atoms with Crippen LogP contribution in [0.2, 0.25) is 15.1 Å². The van der Waals surface area contributed by atoms with Crippen molar-refractivity contribution in [3.8, 4) is 0 Å². The second-order valence-electron chi connectivity index (χ2n) is 6.87. The van der Waals surface area contributed by atoms with E-state index in [-0.39, 0.29) is 51.2 Å². The molecule has 0 aliphatic carbocycles. The van der Waals surface area contributed by atoms with Crippen molar-refractivity contribution in [2.75, 3.05) is 36.7 Å². The minimum atomic E-state index is -0.794. The lowest BCUT2D eigenvalue weighted by Gasteiger charge is -2.16. The van der Waals surface area contributed by atoms with Gasteiger partial charge in [0.15, 0.2) is 5.82 Å². The lowest BCUT2D eigenvalue weighted by Crippen LogP contribution is -2.26. The molecule has 3 aromatic rings. The second-order valence-corrected chi connectivity index (χ2v) is 8.13. The highest BCUT2D eigenvalue weighted by Crippen LogP contribution is 2.35. The highest BCUT2D eigenvalue weighted by Gasteiger charge is 2.22. The van der Waals surface area contributed by atoms with Crippen molar-refractivity contribution in [2.45, 2.75) is 0 Å². The zero-order valence-corrected chi connectivity index (χ0v) is 20.6. The molecule has 4 N–H and O–H groups in total. The number of hydrogen-bond acceptors (Lipinski definition) is 7. The average molecular weight is 537 g/mol. The van der Waals surface area contributed by atoms with Gasteiger partial charge in [-0.15, -0.1) is 0 Å². The summed E-state index contributed by atoms with van der Waals surface area (Å²) in [4.78, 5) is 34.1. The Morgan fingerprint density at radius 2 is 1.80 bits per heavy atom. The number of nitrogens with one attached hydrogen (secondary N) is 2. The summed E-state index contributed by atoms with van der Waals surface area (Å²) < 4.78 is 9.86. The molecule has 1 heterocycles. The molecule has 0 saturated heterocycles. The third kappa shape index (κ3) is 7.06. The molecule has 0 unspecified atom stereocenters. The average Bonchev–Trinajstić information content (AvgIpc) is 2.81. The van der Waals surface area contributed by atoms with Crippen LogP contribution < -0.4 is 16.4 Å². The number of ether oxygens (including phenoxy) is 2. The monoisotopic (exact) mass is 535 g/mol. The Labute approximate surface area is 216 Å². The van der Waals surface area contributed by atoms with Crippen LogP contribution in [0.3, 0.4) is 0 Å². The van der Waals surface area contributed by atoms with Gasteiger partial charge in [0.05, 0.1) is 28.0 Å². The maximum atomic E-state index is 13.4.